The van der Waals surface area contributed by atoms with E-state index < -0.39 is 5.97 Å². The van der Waals surface area contributed by atoms with Crippen molar-refractivity contribution in [2.24, 2.45) is 0 Å². The summed E-state index contributed by atoms with van der Waals surface area (Å²) in [6.45, 7) is 3.78. The van der Waals surface area contributed by atoms with E-state index in [9.17, 15) is 9.18 Å². The molecule has 88 valence electrons. The van der Waals surface area contributed by atoms with E-state index >= 15 is 0 Å². The Kier molecular flexibility index (Phi) is 4.47. The third-order valence-electron chi connectivity index (χ3n) is 2.78. The highest BCUT2D eigenvalue weighted by atomic mass is 19.1. The molecule has 0 fully saturated rings. The Hall–Kier alpha value is -1.38. The van der Waals surface area contributed by atoms with Crippen molar-refractivity contribution in [1.82, 2.24) is 0 Å². The maximum atomic E-state index is 13.0. The van der Waals surface area contributed by atoms with Gasteiger partial charge in [0.05, 0.1) is 0 Å². The van der Waals surface area contributed by atoms with Crippen molar-refractivity contribution in [1.29, 1.82) is 0 Å². The van der Waals surface area contributed by atoms with Crippen LogP contribution in [0.15, 0.2) is 18.2 Å². The molecule has 16 heavy (non-hydrogen) atoms. The first-order valence-corrected chi connectivity index (χ1v) is 5.48. The highest BCUT2D eigenvalue weighted by molar-refractivity contribution is 5.66. The third kappa shape index (κ3) is 3.65. The van der Waals surface area contributed by atoms with E-state index in [1.54, 1.807) is 13.0 Å². The first-order valence-electron chi connectivity index (χ1n) is 5.48. The summed E-state index contributed by atoms with van der Waals surface area (Å²) in [5.41, 5.74) is 1.71. The van der Waals surface area contributed by atoms with Gasteiger partial charge in [0.1, 0.15) is 5.82 Å². The van der Waals surface area contributed by atoms with Gasteiger partial charge in [-0.2, -0.15) is 0 Å². The highest BCUT2D eigenvalue weighted by Crippen LogP contribution is 2.23. The molecule has 0 radical (unpaired) electrons. The van der Waals surface area contributed by atoms with Crippen LogP contribution in [0.3, 0.4) is 0 Å². The number of hydrogen-bond acceptors (Lipinski definition) is 1. The van der Waals surface area contributed by atoms with Crippen LogP contribution in [-0.2, 0) is 4.79 Å². The van der Waals surface area contributed by atoms with Crippen LogP contribution in [0.25, 0.3) is 0 Å². The second-order valence-electron chi connectivity index (χ2n) is 4.20. The maximum absolute atomic E-state index is 13.0. The van der Waals surface area contributed by atoms with Gasteiger partial charge < -0.3 is 5.11 Å². The van der Waals surface area contributed by atoms with E-state index in [1.807, 2.05) is 13.0 Å². The number of benzene rings is 1. The van der Waals surface area contributed by atoms with Gasteiger partial charge in [-0.25, -0.2) is 4.39 Å². The highest BCUT2D eigenvalue weighted by Gasteiger charge is 2.08. The quantitative estimate of drug-likeness (QED) is 0.831. The minimum absolute atomic E-state index is 0.193. The summed E-state index contributed by atoms with van der Waals surface area (Å²) in [5.74, 6) is -0.678. The van der Waals surface area contributed by atoms with Crippen molar-refractivity contribution < 1.29 is 14.3 Å². The molecule has 0 saturated carbocycles. The minimum Gasteiger partial charge on any atom is -0.481 e. The van der Waals surface area contributed by atoms with Crippen LogP contribution in [0.4, 0.5) is 4.39 Å². The molecule has 1 unspecified atom stereocenters. The summed E-state index contributed by atoms with van der Waals surface area (Å²) in [7, 11) is 0. The minimum atomic E-state index is -0.762. The summed E-state index contributed by atoms with van der Waals surface area (Å²) in [4.78, 5) is 10.4. The lowest BCUT2D eigenvalue weighted by molar-refractivity contribution is -0.137. The molecule has 3 heteroatoms. The number of carbonyl (C=O) groups is 1. The molecule has 0 heterocycles. The third-order valence-corrected chi connectivity index (χ3v) is 2.78. The summed E-state index contributed by atoms with van der Waals surface area (Å²) in [6, 6.07) is 5.08. The lowest BCUT2D eigenvalue weighted by atomic mass is 9.94. The van der Waals surface area contributed by atoms with Gasteiger partial charge in [0, 0.05) is 6.42 Å². The SMILES string of the molecule is Cc1cc(C(C)CCCC(=O)O)ccc1F. The van der Waals surface area contributed by atoms with Crippen molar-refractivity contribution in [2.75, 3.05) is 0 Å². The molecule has 0 amide bonds. The van der Waals surface area contributed by atoms with Crippen LogP contribution in [0.2, 0.25) is 0 Å². The lowest BCUT2D eigenvalue weighted by Crippen LogP contribution is -1.99. The average Bonchev–Trinajstić information content (AvgIpc) is 2.21. The molecule has 0 aromatic heterocycles. The molecule has 2 nitrogen and oxygen atoms in total. The normalized spacial score (nSPS) is 12.4. The summed E-state index contributed by atoms with van der Waals surface area (Å²) >= 11 is 0. The van der Waals surface area contributed by atoms with Crippen molar-refractivity contribution in [3.05, 3.63) is 35.1 Å². The Morgan fingerprint density at radius 1 is 1.50 bits per heavy atom. The zero-order valence-corrected chi connectivity index (χ0v) is 9.66. The summed E-state index contributed by atoms with van der Waals surface area (Å²) < 4.78 is 13.0. The Morgan fingerprint density at radius 3 is 2.75 bits per heavy atom. The lowest BCUT2D eigenvalue weighted by Gasteiger charge is -2.12. The molecular weight excluding hydrogens is 207 g/mol. The predicted octanol–water partition coefficient (Wildman–Crippen LogP) is 3.49. The van der Waals surface area contributed by atoms with Crippen molar-refractivity contribution in [3.8, 4) is 0 Å². The number of aryl methyl sites for hydroxylation is 1. The van der Waals surface area contributed by atoms with Gasteiger partial charge in [-0.1, -0.05) is 19.1 Å². The molecule has 1 aromatic rings. The van der Waals surface area contributed by atoms with E-state index in [-0.39, 0.29) is 18.2 Å². The van der Waals surface area contributed by atoms with Crippen LogP contribution in [0, 0.1) is 12.7 Å². The molecule has 0 saturated heterocycles. The Morgan fingerprint density at radius 2 is 2.19 bits per heavy atom. The van der Waals surface area contributed by atoms with Crippen molar-refractivity contribution >= 4 is 5.97 Å². The van der Waals surface area contributed by atoms with Gasteiger partial charge in [-0.15, -0.1) is 0 Å². The molecule has 1 N–H and O–H groups in total. The molecule has 1 rings (SSSR count). The average molecular weight is 224 g/mol. The van der Waals surface area contributed by atoms with E-state index in [2.05, 4.69) is 0 Å². The molecule has 0 aliphatic carbocycles. The first kappa shape index (κ1) is 12.7. The number of halogens is 1. The summed E-state index contributed by atoms with van der Waals surface area (Å²) in [6.07, 6.45) is 1.68. The van der Waals surface area contributed by atoms with Gasteiger partial charge >= 0.3 is 5.97 Å². The van der Waals surface area contributed by atoms with Crippen LogP contribution < -0.4 is 0 Å². The number of carboxylic acid groups (broad SMARTS) is 1. The fourth-order valence-corrected chi connectivity index (χ4v) is 1.70. The van der Waals surface area contributed by atoms with Crippen LogP contribution >= 0.6 is 0 Å². The van der Waals surface area contributed by atoms with E-state index in [4.69, 9.17) is 5.11 Å². The number of aliphatic carboxylic acids is 1. The van der Waals surface area contributed by atoms with Gasteiger partial charge in [0.25, 0.3) is 0 Å². The number of carboxylic acids is 1. The van der Waals surface area contributed by atoms with Crippen molar-refractivity contribution in [3.63, 3.8) is 0 Å². The molecule has 1 atom stereocenters. The first-order chi connectivity index (χ1) is 7.50. The summed E-state index contributed by atoms with van der Waals surface area (Å²) in [5, 5.41) is 8.53. The molecule has 1 aromatic carbocycles. The van der Waals surface area contributed by atoms with E-state index in [0.29, 0.717) is 12.0 Å². The topological polar surface area (TPSA) is 37.3 Å². The van der Waals surface area contributed by atoms with Gasteiger partial charge in [0.15, 0.2) is 0 Å². The molecular formula is C13H17FO2. The van der Waals surface area contributed by atoms with E-state index in [0.717, 1.165) is 12.0 Å². The largest absolute Gasteiger partial charge is 0.481 e. The second-order valence-corrected chi connectivity index (χ2v) is 4.20. The Bertz CT molecular complexity index is 374. The Labute approximate surface area is 95.1 Å². The standard InChI is InChI=1S/C13H17FO2/c1-9(4-3-5-13(15)16)11-6-7-12(14)10(2)8-11/h6-9H,3-5H2,1-2H3,(H,15,16). The predicted molar refractivity (Wildman–Crippen MR) is 61.0 cm³/mol. The number of rotatable bonds is 5. The molecule has 0 bridgehead atoms. The zero-order chi connectivity index (χ0) is 12.1. The van der Waals surface area contributed by atoms with Crippen molar-refractivity contribution in [2.45, 2.75) is 39.0 Å². The Balaban J connectivity index is 2.55. The fourth-order valence-electron chi connectivity index (χ4n) is 1.70. The van der Waals surface area contributed by atoms with Gasteiger partial charge in [0.2, 0.25) is 0 Å². The molecule has 0 aliphatic rings. The number of hydrogen-bond donors (Lipinski definition) is 1. The van der Waals surface area contributed by atoms with Gasteiger partial charge in [-0.05, 0) is 42.9 Å². The second kappa shape index (κ2) is 5.64. The molecule has 0 spiro atoms. The maximum Gasteiger partial charge on any atom is 0.303 e. The van der Waals surface area contributed by atoms with Crippen LogP contribution in [0.5, 0.6) is 0 Å². The zero-order valence-electron chi connectivity index (χ0n) is 9.66. The smallest absolute Gasteiger partial charge is 0.303 e. The van der Waals surface area contributed by atoms with Crippen LogP contribution in [-0.4, -0.2) is 11.1 Å². The monoisotopic (exact) mass is 224 g/mol. The molecule has 0 aliphatic heterocycles. The van der Waals surface area contributed by atoms with E-state index in [1.165, 1.54) is 6.07 Å². The van der Waals surface area contributed by atoms with Crippen LogP contribution in [0.1, 0.15) is 43.2 Å². The fraction of sp³-hybridized carbons (Fsp3) is 0.462. The van der Waals surface area contributed by atoms with Gasteiger partial charge in [-0.3, -0.25) is 4.79 Å².